The molecule has 0 heterocycles. The average Bonchev–Trinajstić information content (AvgIpc) is 2.90. The van der Waals surface area contributed by atoms with E-state index in [1.54, 1.807) is 12.1 Å². The first-order valence-corrected chi connectivity index (χ1v) is 13.9. The maximum absolute atomic E-state index is 12.7. The number of nitrogens with one attached hydrogen (secondary N) is 4. The Morgan fingerprint density at radius 3 is 2.08 bits per heavy atom. The minimum atomic E-state index is -4.78. The van der Waals surface area contributed by atoms with E-state index in [2.05, 4.69) is 25.4 Å². The predicted octanol–water partition coefficient (Wildman–Crippen LogP) is 3.51. The van der Waals surface area contributed by atoms with E-state index < -0.39 is 33.3 Å². The van der Waals surface area contributed by atoms with E-state index in [0.29, 0.717) is 31.2 Å². The molecule has 1 fully saturated rings. The molecule has 0 bridgehead atoms. The van der Waals surface area contributed by atoms with Crippen molar-refractivity contribution in [1.82, 2.24) is 10.6 Å². The second-order valence-electron chi connectivity index (χ2n) is 9.54. The Morgan fingerprint density at radius 2 is 1.48 bits per heavy atom. The second-order valence-corrected chi connectivity index (χ2v) is 11.2. The monoisotopic (exact) mass is 580 g/mol. The third-order valence-electron chi connectivity index (χ3n) is 6.50. The number of alkyl halides is 3. The quantitative estimate of drug-likeness (QED) is 0.284. The van der Waals surface area contributed by atoms with Gasteiger partial charge in [-0.3, -0.25) is 14.3 Å². The number of aryl methyl sites for hydroxylation is 1. The summed E-state index contributed by atoms with van der Waals surface area (Å²) in [5, 5.41) is 8.46. The van der Waals surface area contributed by atoms with Gasteiger partial charge in [-0.2, -0.15) is 0 Å². The van der Waals surface area contributed by atoms with Gasteiger partial charge in [0.15, 0.2) is 0 Å². The molecular formula is C26H27F3N4O6S. The summed E-state index contributed by atoms with van der Waals surface area (Å²) in [5.74, 6) is -0.356. The molecule has 0 unspecified atom stereocenters. The van der Waals surface area contributed by atoms with Gasteiger partial charge in [0.1, 0.15) is 17.1 Å². The molecule has 4 N–H and O–H groups in total. The number of ether oxygens (including phenoxy) is 1. The van der Waals surface area contributed by atoms with Gasteiger partial charge in [0, 0.05) is 18.6 Å². The molecule has 2 amide bonds. The van der Waals surface area contributed by atoms with Crippen molar-refractivity contribution in [3.8, 4) is 5.75 Å². The standard InChI is InChI=1S/C26H27F3N4O6S/c1-15-2-12-20(13-3-15)40(37,38)33-22-21(23(34)24(22)35)31-17-6-8-18(9-7-17)32-25(36)30-14-16-4-10-19(11-5-16)39-26(27,28)29/h2-5,10-13,17-18,31,33H,6-9,14H2,1H3,(H2,30,32,36). The van der Waals surface area contributed by atoms with Gasteiger partial charge in [-0.15, -0.1) is 13.2 Å². The van der Waals surface area contributed by atoms with Crippen LogP contribution in [-0.2, 0) is 16.6 Å². The van der Waals surface area contributed by atoms with Crippen LogP contribution in [0.1, 0.15) is 36.8 Å². The summed E-state index contributed by atoms with van der Waals surface area (Å²) in [4.78, 5) is 36.5. The van der Waals surface area contributed by atoms with Crippen LogP contribution in [0.4, 0.5) is 29.3 Å². The van der Waals surface area contributed by atoms with E-state index in [1.165, 1.54) is 24.3 Å². The number of rotatable bonds is 9. The van der Waals surface area contributed by atoms with Crippen molar-refractivity contribution in [2.45, 2.75) is 62.5 Å². The number of sulfonamides is 1. The van der Waals surface area contributed by atoms with Gasteiger partial charge in [-0.25, -0.2) is 13.2 Å². The van der Waals surface area contributed by atoms with Crippen LogP contribution in [0.5, 0.6) is 5.75 Å². The SMILES string of the molecule is Cc1ccc(S(=O)(=O)Nc2c(NC3CCC(NC(=O)NCc4ccc(OC(F)(F)F)cc4)CC3)c(=O)c2=O)cc1. The molecule has 0 atom stereocenters. The van der Waals surface area contributed by atoms with Gasteiger partial charge in [0.05, 0.1) is 4.90 Å². The molecule has 0 spiro atoms. The average molecular weight is 581 g/mol. The van der Waals surface area contributed by atoms with Crippen molar-refractivity contribution in [3.63, 3.8) is 0 Å². The fourth-order valence-electron chi connectivity index (χ4n) is 4.35. The number of halogens is 3. The topological polar surface area (TPSA) is 143 Å². The Balaban J connectivity index is 1.24. The molecule has 1 aliphatic carbocycles. The van der Waals surface area contributed by atoms with Crippen molar-refractivity contribution in [2.75, 3.05) is 10.0 Å². The number of benzene rings is 2. The molecule has 4 rings (SSSR count). The number of carbonyl (C=O) groups is 1. The largest absolute Gasteiger partial charge is 0.573 e. The van der Waals surface area contributed by atoms with Crippen LogP contribution in [0.15, 0.2) is 63.0 Å². The fraction of sp³-hybridized carbons (Fsp3) is 0.346. The first-order valence-electron chi connectivity index (χ1n) is 12.4. The molecule has 3 aromatic rings. The Bertz CT molecular complexity index is 1520. The lowest BCUT2D eigenvalue weighted by Gasteiger charge is -2.31. The molecule has 1 aliphatic rings. The van der Waals surface area contributed by atoms with Crippen molar-refractivity contribution in [3.05, 3.63) is 80.1 Å². The van der Waals surface area contributed by atoms with E-state index >= 15 is 0 Å². The molecule has 0 aromatic heterocycles. The number of anilines is 2. The highest BCUT2D eigenvalue weighted by Crippen LogP contribution is 2.26. The Kier molecular flexibility index (Phi) is 8.37. The van der Waals surface area contributed by atoms with Crippen LogP contribution in [0.2, 0.25) is 0 Å². The fourth-order valence-corrected chi connectivity index (χ4v) is 5.43. The first kappa shape index (κ1) is 28.9. The third kappa shape index (κ3) is 7.31. The minimum absolute atomic E-state index is 0.0329. The van der Waals surface area contributed by atoms with Crippen LogP contribution in [0.3, 0.4) is 0 Å². The summed E-state index contributed by atoms with van der Waals surface area (Å²) in [5.41, 5.74) is -0.609. The predicted molar refractivity (Wildman–Crippen MR) is 142 cm³/mol. The number of carbonyl (C=O) groups excluding carboxylic acids is 1. The Morgan fingerprint density at radius 1 is 0.900 bits per heavy atom. The lowest BCUT2D eigenvalue weighted by atomic mass is 9.91. The highest BCUT2D eigenvalue weighted by Gasteiger charge is 2.31. The van der Waals surface area contributed by atoms with Crippen LogP contribution < -0.4 is 36.3 Å². The number of urea groups is 1. The minimum Gasteiger partial charge on any atom is -0.406 e. The van der Waals surface area contributed by atoms with Gasteiger partial charge in [0.25, 0.3) is 20.9 Å². The molecule has 3 aromatic carbocycles. The Hall–Kier alpha value is -4.07. The van der Waals surface area contributed by atoms with E-state index in [0.717, 1.165) is 17.7 Å². The summed E-state index contributed by atoms with van der Waals surface area (Å²) in [7, 11) is -4.05. The summed E-state index contributed by atoms with van der Waals surface area (Å²) in [6, 6.07) is 10.4. The summed E-state index contributed by atoms with van der Waals surface area (Å²) < 4.78 is 68.1. The highest BCUT2D eigenvalue weighted by molar-refractivity contribution is 7.92. The van der Waals surface area contributed by atoms with Crippen LogP contribution in [-0.4, -0.2) is 32.9 Å². The van der Waals surface area contributed by atoms with E-state index in [1.807, 2.05) is 6.92 Å². The van der Waals surface area contributed by atoms with Gasteiger partial charge >= 0.3 is 12.4 Å². The normalized spacial score (nSPS) is 17.7. The molecule has 10 nitrogen and oxygen atoms in total. The maximum atomic E-state index is 12.7. The van der Waals surface area contributed by atoms with Crippen LogP contribution in [0.25, 0.3) is 0 Å². The first-order chi connectivity index (χ1) is 18.8. The van der Waals surface area contributed by atoms with Crippen molar-refractivity contribution in [1.29, 1.82) is 0 Å². The molecular weight excluding hydrogens is 553 g/mol. The number of hydrogen-bond acceptors (Lipinski definition) is 7. The van der Waals surface area contributed by atoms with E-state index in [-0.39, 0.29) is 40.6 Å². The highest BCUT2D eigenvalue weighted by atomic mass is 32.2. The molecule has 40 heavy (non-hydrogen) atoms. The van der Waals surface area contributed by atoms with Crippen LogP contribution in [0, 0.1) is 6.92 Å². The lowest BCUT2D eigenvalue weighted by Crippen LogP contribution is -2.46. The van der Waals surface area contributed by atoms with Crippen LogP contribution >= 0.6 is 0 Å². The second kappa shape index (κ2) is 11.6. The molecule has 0 saturated heterocycles. The molecule has 14 heteroatoms. The van der Waals surface area contributed by atoms with Gasteiger partial charge in [-0.05, 0) is 62.4 Å². The summed E-state index contributed by atoms with van der Waals surface area (Å²) in [6.07, 6.45) is -2.55. The summed E-state index contributed by atoms with van der Waals surface area (Å²) >= 11 is 0. The zero-order chi connectivity index (χ0) is 29.1. The smallest absolute Gasteiger partial charge is 0.406 e. The molecule has 0 radical (unpaired) electrons. The Labute approximate surface area is 227 Å². The van der Waals surface area contributed by atoms with Crippen molar-refractivity contribution in [2.24, 2.45) is 0 Å². The molecule has 214 valence electrons. The maximum Gasteiger partial charge on any atom is 0.573 e. The summed E-state index contributed by atoms with van der Waals surface area (Å²) in [6.45, 7) is 1.91. The number of hydrogen-bond donors (Lipinski definition) is 4. The van der Waals surface area contributed by atoms with E-state index in [9.17, 15) is 36.0 Å². The van der Waals surface area contributed by atoms with Crippen molar-refractivity contribution >= 4 is 27.4 Å². The van der Waals surface area contributed by atoms with Gasteiger partial charge in [0.2, 0.25) is 0 Å². The lowest BCUT2D eigenvalue weighted by molar-refractivity contribution is -0.274. The zero-order valence-corrected chi connectivity index (χ0v) is 22.1. The van der Waals surface area contributed by atoms with Gasteiger partial charge in [-0.1, -0.05) is 29.8 Å². The van der Waals surface area contributed by atoms with Crippen molar-refractivity contribution < 1.29 is 31.1 Å². The molecule has 1 saturated carbocycles. The van der Waals surface area contributed by atoms with Gasteiger partial charge < -0.3 is 20.7 Å². The third-order valence-corrected chi connectivity index (χ3v) is 7.86. The zero-order valence-electron chi connectivity index (χ0n) is 21.3. The molecule has 0 aliphatic heterocycles. The van der Waals surface area contributed by atoms with E-state index in [4.69, 9.17) is 0 Å². The number of amides is 2.